The van der Waals surface area contributed by atoms with Gasteiger partial charge in [-0.05, 0) is 82.5 Å². The standard InChI is InChI=1S/C29H34N2O2/c1-28(2)14-15-29(3,4)26-20-24(13-10-21-8-11-22(12-9-21)27(32)33)23(19-25(26)28)7-5-17-31-18-6-16-30-31/h6,8-13,16,18-20H,5,7,14-15,17H2,1-4H3,(H,32,33). The molecular weight excluding hydrogens is 408 g/mol. The normalized spacial score (nSPS) is 16.6. The van der Waals surface area contributed by atoms with Crippen LogP contribution in [0.2, 0.25) is 0 Å². The molecule has 172 valence electrons. The number of hydrogen-bond acceptors (Lipinski definition) is 2. The van der Waals surface area contributed by atoms with Crippen molar-refractivity contribution in [3.63, 3.8) is 0 Å². The molecule has 1 aliphatic carbocycles. The van der Waals surface area contributed by atoms with Crippen molar-refractivity contribution in [3.8, 4) is 0 Å². The zero-order valence-electron chi connectivity index (χ0n) is 20.1. The van der Waals surface area contributed by atoms with Crippen molar-refractivity contribution in [2.24, 2.45) is 0 Å². The smallest absolute Gasteiger partial charge is 0.335 e. The van der Waals surface area contributed by atoms with E-state index >= 15 is 0 Å². The van der Waals surface area contributed by atoms with Crippen LogP contribution in [0.4, 0.5) is 0 Å². The highest BCUT2D eigenvalue weighted by atomic mass is 16.4. The molecule has 0 saturated carbocycles. The summed E-state index contributed by atoms with van der Waals surface area (Å²) in [5.74, 6) is -0.899. The largest absolute Gasteiger partial charge is 0.478 e. The van der Waals surface area contributed by atoms with Crippen molar-refractivity contribution in [1.29, 1.82) is 0 Å². The zero-order chi connectivity index (χ0) is 23.6. The number of carboxylic acid groups (broad SMARTS) is 1. The van der Waals surface area contributed by atoms with E-state index in [4.69, 9.17) is 5.11 Å². The van der Waals surface area contributed by atoms with Crippen molar-refractivity contribution < 1.29 is 9.90 Å². The topological polar surface area (TPSA) is 55.1 Å². The van der Waals surface area contributed by atoms with Crippen LogP contribution in [-0.2, 0) is 23.8 Å². The van der Waals surface area contributed by atoms with E-state index in [1.165, 1.54) is 35.1 Å². The first-order valence-electron chi connectivity index (χ1n) is 11.8. The molecule has 0 fully saturated rings. The summed E-state index contributed by atoms with van der Waals surface area (Å²) in [7, 11) is 0. The minimum atomic E-state index is -0.899. The van der Waals surface area contributed by atoms with Crippen LogP contribution in [0.25, 0.3) is 12.2 Å². The van der Waals surface area contributed by atoms with Crippen LogP contribution in [0.3, 0.4) is 0 Å². The molecule has 0 bridgehead atoms. The number of benzene rings is 2. The van der Waals surface area contributed by atoms with Gasteiger partial charge in [0.25, 0.3) is 0 Å². The van der Waals surface area contributed by atoms with E-state index < -0.39 is 5.97 Å². The van der Waals surface area contributed by atoms with Gasteiger partial charge in [0.05, 0.1) is 5.56 Å². The minimum absolute atomic E-state index is 0.157. The van der Waals surface area contributed by atoms with E-state index in [-0.39, 0.29) is 10.8 Å². The molecule has 0 unspecified atom stereocenters. The minimum Gasteiger partial charge on any atom is -0.478 e. The molecule has 4 heteroatoms. The van der Waals surface area contributed by atoms with Crippen molar-refractivity contribution in [2.45, 2.75) is 70.8 Å². The summed E-state index contributed by atoms with van der Waals surface area (Å²) in [5.41, 5.74) is 7.20. The second kappa shape index (κ2) is 9.01. The van der Waals surface area contributed by atoms with Gasteiger partial charge in [0, 0.05) is 18.9 Å². The Morgan fingerprint density at radius 3 is 2.30 bits per heavy atom. The van der Waals surface area contributed by atoms with Crippen molar-refractivity contribution in [2.75, 3.05) is 0 Å². The van der Waals surface area contributed by atoms with Crippen LogP contribution < -0.4 is 0 Å². The summed E-state index contributed by atoms with van der Waals surface area (Å²) in [6.45, 7) is 10.4. The number of rotatable bonds is 7. The average molecular weight is 443 g/mol. The fourth-order valence-electron chi connectivity index (χ4n) is 4.83. The SMILES string of the molecule is CC1(C)CCC(C)(C)c2cc(CCCn3cccn3)c(C=Cc3ccc(C(=O)O)cc3)cc21. The predicted octanol–water partition coefficient (Wildman–Crippen LogP) is 6.73. The highest BCUT2D eigenvalue weighted by Gasteiger charge is 2.37. The highest BCUT2D eigenvalue weighted by molar-refractivity contribution is 5.88. The molecule has 0 radical (unpaired) electrons. The monoisotopic (exact) mass is 442 g/mol. The van der Waals surface area contributed by atoms with E-state index in [1.807, 2.05) is 35.3 Å². The first-order valence-corrected chi connectivity index (χ1v) is 11.8. The molecule has 4 nitrogen and oxygen atoms in total. The van der Waals surface area contributed by atoms with Crippen LogP contribution in [0, 0.1) is 0 Å². The lowest BCUT2D eigenvalue weighted by molar-refractivity contribution is 0.0697. The number of carbonyl (C=O) groups is 1. The molecule has 2 aromatic carbocycles. The number of nitrogens with zero attached hydrogens (tertiary/aromatic N) is 2. The van der Waals surface area contributed by atoms with Gasteiger partial charge in [-0.2, -0.15) is 5.10 Å². The Kier molecular flexibility index (Phi) is 6.29. The molecule has 1 aliphatic rings. The number of aryl methyl sites for hydroxylation is 2. The van der Waals surface area contributed by atoms with Gasteiger partial charge in [-0.3, -0.25) is 4.68 Å². The maximum Gasteiger partial charge on any atom is 0.335 e. The summed E-state index contributed by atoms with van der Waals surface area (Å²) in [6, 6.07) is 13.9. The Bertz CT molecular complexity index is 1150. The Morgan fingerprint density at radius 2 is 1.70 bits per heavy atom. The molecule has 0 spiro atoms. The lowest BCUT2D eigenvalue weighted by Gasteiger charge is -2.42. The molecule has 0 amide bonds. The second-order valence-electron chi connectivity index (χ2n) is 10.5. The number of fused-ring (bicyclic) bond motifs is 1. The Hall–Kier alpha value is -3.14. The van der Waals surface area contributed by atoms with Gasteiger partial charge in [-0.25, -0.2) is 4.79 Å². The molecule has 0 atom stereocenters. The van der Waals surface area contributed by atoms with Gasteiger partial charge in [0.1, 0.15) is 0 Å². The van der Waals surface area contributed by atoms with E-state index in [9.17, 15) is 4.79 Å². The molecule has 1 N–H and O–H groups in total. The van der Waals surface area contributed by atoms with E-state index in [0.717, 1.165) is 24.9 Å². The zero-order valence-corrected chi connectivity index (χ0v) is 20.1. The quantitative estimate of drug-likeness (QED) is 0.413. The van der Waals surface area contributed by atoms with E-state index in [2.05, 4.69) is 57.1 Å². The second-order valence-corrected chi connectivity index (χ2v) is 10.5. The van der Waals surface area contributed by atoms with Crippen LogP contribution in [0.15, 0.2) is 54.9 Å². The van der Waals surface area contributed by atoms with Gasteiger partial charge in [0.15, 0.2) is 0 Å². The van der Waals surface area contributed by atoms with Gasteiger partial charge in [-0.15, -0.1) is 0 Å². The third-order valence-corrected chi connectivity index (χ3v) is 7.12. The van der Waals surface area contributed by atoms with Crippen LogP contribution in [-0.4, -0.2) is 20.9 Å². The molecule has 1 aromatic heterocycles. The molecular formula is C29H34N2O2. The van der Waals surface area contributed by atoms with E-state index in [0.29, 0.717) is 5.56 Å². The fourth-order valence-corrected chi connectivity index (χ4v) is 4.83. The van der Waals surface area contributed by atoms with Crippen molar-refractivity contribution in [3.05, 3.63) is 88.2 Å². The first kappa shape index (κ1) is 23.0. The number of aromatic carboxylic acids is 1. The lowest BCUT2D eigenvalue weighted by atomic mass is 9.62. The highest BCUT2D eigenvalue weighted by Crippen LogP contribution is 2.46. The molecule has 3 aromatic rings. The van der Waals surface area contributed by atoms with Crippen LogP contribution >= 0.6 is 0 Å². The molecule has 1 heterocycles. The average Bonchev–Trinajstić information content (AvgIpc) is 3.29. The van der Waals surface area contributed by atoms with Gasteiger partial charge < -0.3 is 5.11 Å². The number of carboxylic acids is 1. The molecule has 0 aliphatic heterocycles. The maximum atomic E-state index is 11.1. The summed E-state index contributed by atoms with van der Waals surface area (Å²) in [6.07, 6.45) is 12.5. The third kappa shape index (κ3) is 5.11. The van der Waals surface area contributed by atoms with Crippen LogP contribution in [0.5, 0.6) is 0 Å². The van der Waals surface area contributed by atoms with E-state index in [1.54, 1.807) is 12.1 Å². The van der Waals surface area contributed by atoms with Crippen molar-refractivity contribution in [1.82, 2.24) is 9.78 Å². The molecule has 0 saturated heterocycles. The fraction of sp³-hybridized carbons (Fsp3) is 0.379. The predicted molar refractivity (Wildman–Crippen MR) is 135 cm³/mol. The van der Waals surface area contributed by atoms with Crippen molar-refractivity contribution >= 4 is 18.1 Å². The molecule has 33 heavy (non-hydrogen) atoms. The van der Waals surface area contributed by atoms with Crippen LogP contribution in [0.1, 0.15) is 85.1 Å². The summed E-state index contributed by atoms with van der Waals surface area (Å²) < 4.78 is 1.99. The first-order chi connectivity index (χ1) is 15.7. The number of hydrogen-bond donors (Lipinski definition) is 1. The summed E-state index contributed by atoms with van der Waals surface area (Å²) in [5, 5.41) is 13.5. The Balaban J connectivity index is 1.68. The lowest BCUT2D eigenvalue weighted by Crippen LogP contribution is -2.34. The summed E-state index contributed by atoms with van der Waals surface area (Å²) in [4.78, 5) is 11.1. The Morgan fingerprint density at radius 1 is 1.03 bits per heavy atom. The maximum absolute atomic E-state index is 11.1. The summed E-state index contributed by atoms with van der Waals surface area (Å²) >= 11 is 0. The number of aromatic nitrogens is 2. The Labute approximate surface area is 197 Å². The third-order valence-electron chi connectivity index (χ3n) is 7.12. The molecule has 4 rings (SSSR count). The van der Waals surface area contributed by atoms with Gasteiger partial charge in [0.2, 0.25) is 0 Å². The van der Waals surface area contributed by atoms with Gasteiger partial charge >= 0.3 is 5.97 Å². The van der Waals surface area contributed by atoms with Gasteiger partial charge in [-0.1, -0.05) is 64.1 Å².